The Kier molecular flexibility index (Phi) is 3.28. The molecule has 0 aliphatic heterocycles. The molecule has 2 aromatic rings. The molecule has 3 rings (SSSR count). The van der Waals surface area contributed by atoms with Crippen molar-refractivity contribution in [2.24, 2.45) is 5.92 Å². The van der Waals surface area contributed by atoms with E-state index in [2.05, 4.69) is 20.3 Å². The monoisotopic (exact) mass is 279 g/mol. The Balaban J connectivity index is 2.03. The molecular weight excluding hydrogens is 262 g/mol. The maximum Gasteiger partial charge on any atom is 0.165 e. The van der Waals surface area contributed by atoms with E-state index in [1.165, 1.54) is 6.33 Å². The van der Waals surface area contributed by atoms with Crippen LogP contribution >= 0.6 is 0 Å². The van der Waals surface area contributed by atoms with Gasteiger partial charge in [0.15, 0.2) is 11.5 Å². The van der Waals surface area contributed by atoms with Gasteiger partial charge in [0.2, 0.25) is 0 Å². The van der Waals surface area contributed by atoms with Gasteiger partial charge in [0, 0.05) is 19.6 Å². The molecule has 1 fully saturated rings. The van der Waals surface area contributed by atoms with Crippen LogP contribution in [0.2, 0.25) is 0 Å². The number of fused-ring (bicyclic) bond motifs is 1. The molecule has 1 saturated carbocycles. The molecule has 8 nitrogen and oxygen atoms in total. The van der Waals surface area contributed by atoms with Crippen molar-refractivity contribution in [3.05, 3.63) is 12.7 Å². The van der Waals surface area contributed by atoms with E-state index in [0.717, 1.165) is 0 Å². The number of aromatic nitrogens is 4. The molecule has 0 unspecified atom stereocenters. The highest BCUT2D eigenvalue weighted by Gasteiger charge is 2.42. The SMILES string of the molecule is CNc1ncnc2c1ncn2[C@@H]1C[C@H](CO)[C@@H](O)[C@H]1O. The van der Waals surface area contributed by atoms with Crippen molar-refractivity contribution in [2.75, 3.05) is 19.0 Å². The van der Waals surface area contributed by atoms with Crippen LogP contribution in [-0.4, -0.2) is 60.7 Å². The maximum absolute atomic E-state index is 10.1. The third-order valence-corrected chi connectivity index (χ3v) is 3.96. The van der Waals surface area contributed by atoms with Crippen molar-refractivity contribution in [3.8, 4) is 0 Å². The van der Waals surface area contributed by atoms with E-state index in [1.54, 1.807) is 17.9 Å². The largest absolute Gasteiger partial charge is 0.396 e. The van der Waals surface area contributed by atoms with Gasteiger partial charge in [0.1, 0.15) is 17.9 Å². The Morgan fingerprint density at radius 2 is 2.10 bits per heavy atom. The summed E-state index contributed by atoms with van der Waals surface area (Å²) in [6.45, 7) is -0.155. The van der Waals surface area contributed by atoms with Crippen LogP contribution in [0.1, 0.15) is 12.5 Å². The smallest absolute Gasteiger partial charge is 0.165 e. The molecule has 4 N–H and O–H groups in total. The van der Waals surface area contributed by atoms with Crippen molar-refractivity contribution >= 4 is 17.0 Å². The highest BCUT2D eigenvalue weighted by atomic mass is 16.3. The first-order chi connectivity index (χ1) is 9.67. The molecule has 1 aliphatic rings. The van der Waals surface area contributed by atoms with Crippen molar-refractivity contribution in [1.29, 1.82) is 0 Å². The summed E-state index contributed by atoms with van der Waals surface area (Å²) in [6.07, 6.45) is 1.60. The number of aliphatic hydroxyl groups is 3. The fourth-order valence-electron chi connectivity index (χ4n) is 2.83. The highest BCUT2D eigenvalue weighted by Crippen LogP contribution is 2.36. The van der Waals surface area contributed by atoms with Crippen molar-refractivity contribution in [3.63, 3.8) is 0 Å². The van der Waals surface area contributed by atoms with Gasteiger partial charge in [0.25, 0.3) is 0 Å². The maximum atomic E-state index is 10.1. The van der Waals surface area contributed by atoms with Gasteiger partial charge in [-0.3, -0.25) is 0 Å². The molecule has 20 heavy (non-hydrogen) atoms. The fraction of sp³-hybridized carbons (Fsp3) is 0.583. The standard InChI is InChI=1S/C12H17N5O3/c1-13-11-8-12(15-4-14-11)17(5-16-8)7-2-6(3-18)9(19)10(7)20/h4-7,9-10,18-20H,2-3H2,1H3,(H,13,14,15)/t6-,7-,9-,10+/m1/s1. The number of rotatable bonds is 3. The van der Waals surface area contributed by atoms with Crippen LogP contribution in [-0.2, 0) is 0 Å². The second kappa shape index (κ2) is 4.97. The summed E-state index contributed by atoms with van der Waals surface area (Å²) >= 11 is 0. The van der Waals surface area contributed by atoms with Crippen LogP contribution < -0.4 is 5.32 Å². The molecule has 1 aliphatic carbocycles. The van der Waals surface area contributed by atoms with Gasteiger partial charge in [-0.2, -0.15) is 0 Å². The minimum atomic E-state index is -0.947. The lowest BCUT2D eigenvalue weighted by Crippen LogP contribution is -2.30. The summed E-state index contributed by atoms with van der Waals surface area (Å²) in [7, 11) is 1.75. The Morgan fingerprint density at radius 3 is 2.75 bits per heavy atom. The predicted octanol–water partition coefficient (Wildman–Crippen LogP) is -0.857. The Hall–Kier alpha value is -1.77. The lowest BCUT2D eigenvalue weighted by Gasteiger charge is -2.18. The summed E-state index contributed by atoms with van der Waals surface area (Å²) in [5.41, 5.74) is 1.21. The number of nitrogens with zero attached hydrogens (tertiary/aromatic N) is 4. The summed E-state index contributed by atoms with van der Waals surface area (Å²) in [4.78, 5) is 12.5. The molecule has 0 aromatic carbocycles. The minimum absolute atomic E-state index is 0.155. The Labute approximate surface area is 115 Å². The summed E-state index contributed by atoms with van der Waals surface area (Å²) in [5.74, 6) is 0.276. The fourth-order valence-corrected chi connectivity index (χ4v) is 2.83. The molecule has 0 saturated heterocycles. The van der Waals surface area contributed by atoms with Crippen LogP contribution in [0, 0.1) is 5.92 Å². The second-order valence-corrected chi connectivity index (χ2v) is 5.02. The molecular formula is C12H17N5O3. The lowest BCUT2D eigenvalue weighted by molar-refractivity contribution is -0.00370. The van der Waals surface area contributed by atoms with Crippen LogP contribution in [0.15, 0.2) is 12.7 Å². The highest BCUT2D eigenvalue weighted by molar-refractivity contribution is 5.82. The molecule has 8 heteroatoms. The topological polar surface area (TPSA) is 116 Å². The van der Waals surface area contributed by atoms with Gasteiger partial charge >= 0.3 is 0 Å². The first-order valence-electron chi connectivity index (χ1n) is 6.49. The third kappa shape index (κ3) is 1.84. The predicted molar refractivity (Wildman–Crippen MR) is 71.1 cm³/mol. The van der Waals surface area contributed by atoms with Crippen molar-refractivity contribution in [1.82, 2.24) is 19.5 Å². The van der Waals surface area contributed by atoms with Crippen LogP contribution in [0.4, 0.5) is 5.82 Å². The number of nitrogens with one attached hydrogen (secondary N) is 1. The molecule has 0 amide bonds. The van der Waals surface area contributed by atoms with E-state index < -0.39 is 12.2 Å². The van der Waals surface area contributed by atoms with Gasteiger partial charge in [-0.05, 0) is 6.42 Å². The van der Waals surface area contributed by atoms with Gasteiger partial charge < -0.3 is 25.2 Å². The molecule has 0 spiro atoms. The van der Waals surface area contributed by atoms with Crippen molar-refractivity contribution < 1.29 is 15.3 Å². The van der Waals surface area contributed by atoms with Crippen LogP contribution in [0.3, 0.4) is 0 Å². The van der Waals surface area contributed by atoms with Gasteiger partial charge in [-0.1, -0.05) is 0 Å². The molecule has 0 radical (unpaired) electrons. The first-order valence-corrected chi connectivity index (χ1v) is 6.49. The summed E-state index contributed by atoms with van der Waals surface area (Å²) in [5, 5.41) is 32.2. The van der Waals surface area contributed by atoms with E-state index in [0.29, 0.717) is 23.4 Å². The van der Waals surface area contributed by atoms with E-state index in [4.69, 9.17) is 0 Å². The number of anilines is 1. The van der Waals surface area contributed by atoms with E-state index in [1.807, 2.05) is 0 Å². The quantitative estimate of drug-likeness (QED) is 0.578. The van der Waals surface area contributed by atoms with Gasteiger partial charge in [-0.15, -0.1) is 0 Å². The Bertz CT molecular complexity index is 616. The molecule has 108 valence electrons. The molecule has 2 heterocycles. The number of imidazole rings is 1. The van der Waals surface area contributed by atoms with E-state index in [-0.39, 0.29) is 18.6 Å². The zero-order valence-electron chi connectivity index (χ0n) is 11.0. The number of hydrogen-bond acceptors (Lipinski definition) is 7. The molecule has 2 aromatic heterocycles. The second-order valence-electron chi connectivity index (χ2n) is 5.02. The van der Waals surface area contributed by atoms with Gasteiger partial charge in [0.05, 0.1) is 18.5 Å². The summed E-state index contributed by atoms with van der Waals surface area (Å²) < 4.78 is 1.74. The Morgan fingerprint density at radius 1 is 1.30 bits per heavy atom. The third-order valence-electron chi connectivity index (χ3n) is 3.96. The molecule has 4 atom stereocenters. The summed E-state index contributed by atoms with van der Waals surface area (Å²) in [6, 6.07) is -0.355. The first kappa shape index (κ1) is 13.2. The van der Waals surface area contributed by atoms with Gasteiger partial charge in [-0.25, -0.2) is 15.0 Å². The van der Waals surface area contributed by atoms with Crippen LogP contribution in [0.5, 0.6) is 0 Å². The average molecular weight is 279 g/mol. The normalized spacial score (nSPS) is 30.0. The van der Waals surface area contributed by atoms with Crippen LogP contribution in [0.25, 0.3) is 11.2 Å². The number of hydrogen-bond donors (Lipinski definition) is 4. The van der Waals surface area contributed by atoms with Crippen molar-refractivity contribution in [2.45, 2.75) is 24.7 Å². The van der Waals surface area contributed by atoms with E-state index in [9.17, 15) is 15.3 Å². The zero-order valence-corrected chi connectivity index (χ0v) is 11.0. The zero-order chi connectivity index (χ0) is 14.3. The number of aliphatic hydroxyl groups excluding tert-OH is 3. The van der Waals surface area contributed by atoms with E-state index >= 15 is 0 Å². The average Bonchev–Trinajstić information content (AvgIpc) is 3.01. The molecule has 0 bridgehead atoms. The minimum Gasteiger partial charge on any atom is -0.396 e. The lowest BCUT2D eigenvalue weighted by atomic mass is 10.1.